The standard InChI is InChI=1S/C14H17N3S/c1-10-9-18-14(17-10)8-15-5-11-2-3-12-6-16-7-13(12)4-11/h2-4,9,15-16H,5-8H2,1H3. The van der Waals surface area contributed by atoms with Crippen LogP contribution in [0.1, 0.15) is 27.4 Å². The number of thiazole rings is 1. The first-order valence-corrected chi connectivity index (χ1v) is 7.12. The van der Waals surface area contributed by atoms with Crippen molar-refractivity contribution in [3.8, 4) is 0 Å². The summed E-state index contributed by atoms with van der Waals surface area (Å²) in [5, 5.41) is 10.1. The molecule has 2 heterocycles. The summed E-state index contributed by atoms with van der Waals surface area (Å²) < 4.78 is 0. The van der Waals surface area contributed by atoms with E-state index in [1.54, 1.807) is 11.3 Å². The van der Waals surface area contributed by atoms with Gasteiger partial charge in [-0.25, -0.2) is 4.98 Å². The van der Waals surface area contributed by atoms with Gasteiger partial charge < -0.3 is 10.6 Å². The van der Waals surface area contributed by atoms with Gasteiger partial charge in [0.25, 0.3) is 0 Å². The van der Waals surface area contributed by atoms with E-state index in [1.807, 2.05) is 6.92 Å². The molecule has 3 nitrogen and oxygen atoms in total. The largest absolute Gasteiger partial charge is 0.309 e. The lowest BCUT2D eigenvalue weighted by molar-refractivity contribution is 0.688. The number of hydrogen-bond donors (Lipinski definition) is 2. The van der Waals surface area contributed by atoms with Gasteiger partial charge in [0.15, 0.2) is 0 Å². The van der Waals surface area contributed by atoms with Crippen LogP contribution in [0.15, 0.2) is 23.6 Å². The topological polar surface area (TPSA) is 37.0 Å². The number of nitrogens with zero attached hydrogens (tertiary/aromatic N) is 1. The van der Waals surface area contributed by atoms with E-state index in [0.717, 1.165) is 36.9 Å². The molecule has 1 aromatic carbocycles. The molecule has 4 heteroatoms. The number of benzene rings is 1. The molecule has 0 atom stereocenters. The summed E-state index contributed by atoms with van der Waals surface area (Å²) in [5.74, 6) is 0. The smallest absolute Gasteiger partial charge is 0.107 e. The Morgan fingerprint density at radius 2 is 2.17 bits per heavy atom. The predicted molar refractivity (Wildman–Crippen MR) is 74.4 cm³/mol. The van der Waals surface area contributed by atoms with E-state index in [0.29, 0.717) is 0 Å². The second kappa shape index (κ2) is 5.18. The van der Waals surface area contributed by atoms with Gasteiger partial charge in [0.05, 0.1) is 0 Å². The Kier molecular flexibility index (Phi) is 3.41. The Balaban J connectivity index is 1.57. The molecular weight excluding hydrogens is 242 g/mol. The van der Waals surface area contributed by atoms with Crippen molar-refractivity contribution in [1.82, 2.24) is 15.6 Å². The third-order valence-electron chi connectivity index (χ3n) is 3.17. The second-order valence-corrected chi connectivity index (χ2v) is 5.64. The molecule has 0 saturated heterocycles. The highest BCUT2D eigenvalue weighted by Crippen LogP contribution is 2.17. The van der Waals surface area contributed by atoms with E-state index < -0.39 is 0 Å². The Hall–Kier alpha value is -1.23. The second-order valence-electron chi connectivity index (χ2n) is 4.69. The Morgan fingerprint density at radius 3 is 3.00 bits per heavy atom. The molecular formula is C14H17N3S. The summed E-state index contributed by atoms with van der Waals surface area (Å²) in [6.07, 6.45) is 0. The van der Waals surface area contributed by atoms with Crippen LogP contribution in [-0.2, 0) is 26.2 Å². The zero-order valence-electron chi connectivity index (χ0n) is 10.5. The number of aryl methyl sites for hydroxylation is 1. The molecule has 0 bridgehead atoms. The molecule has 18 heavy (non-hydrogen) atoms. The molecule has 94 valence electrons. The van der Waals surface area contributed by atoms with E-state index in [-0.39, 0.29) is 0 Å². The fraction of sp³-hybridized carbons (Fsp3) is 0.357. The SMILES string of the molecule is Cc1csc(CNCc2ccc3c(c2)CNC3)n1. The van der Waals surface area contributed by atoms with Crippen molar-refractivity contribution in [3.05, 3.63) is 51.0 Å². The van der Waals surface area contributed by atoms with Gasteiger partial charge in [0.1, 0.15) is 5.01 Å². The van der Waals surface area contributed by atoms with Crippen LogP contribution in [0.3, 0.4) is 0 Å². The van der Waals surface area contributed by atoms with Crippen LogP contribution in [0.2, 0.25) is 0 Å². The van der Waals surface area contributed by atoms with Gasteiger partial charge in [0.2, 0.25) is 0 Å². The molecule has 2 aromatic rings. The number of hydrogen-bond acceptors (Lipinski definition) is 4. The highest BCUT2D eigenvalue weighted by molar-refractivity contribution is 7.09. The minimum atomic E-state index is 0.855. The van der Waals surface area contributed by atoms with Crippen molar-refractivity contribution in [2.45, 2.75) is 33.1 Å². The van der Waals surface area contributed by atoms with Crippen molar-refractivity contribution in [2.24, 2.45) is 0 Å². The molecule has 3 rings (SSSR count). The van der Waals surface area contributed by atoms with Crippen LogP contribution >= 0.6 is 11.3 Å². The molecule has 0 saturated carbocycles. The van der Waals surface area contributed by atoms with Gasteiger partial charge >= 0.3 is 0 Å². The average Bonchev–Trinajstić information content (AvgIpc) is 2.97. The number of fused-ring (bicyclic) bond motifs is 1. The molecule has 0 aliphatic carbocycles. The number of rotatable bonds is 4. The first-order chi connectivity index (χ1) is 8.81. The maximum Gasteiger partial charge on any atom is 0.107 e. The summed E-state index contributed by atoms with van der Waals surface area (Å²) >= 11 is 1.72. The highest BCUT2D eigenvalue weighted by Gasteiger charge is 2.09. The van der Waals surface area contributed by atoms with E-state index in [9.17, 15) is 0 Å². The predicted octanol–water partition coefficient (Wildman–Crippen LogP) is 2.34. The van der Waals surface area contributed by atoms with Gasteiger partial charge in [-0.1, -0.05) is 18.2 Å². The first kappa shape index (κ1) is 11.8. The molecule has 0 spiro atoms. The molecule has 1 aliphatic heterocycles. The molecule has 0 radical (unpaired) electrons. The Morgan fingerprint density at radius 1 is 1.28 bits per heavy atom. The summed E-state index contributed by atoms with van der Waals surface area (Å²) in [6.45, 7) is 5.82. The molecule has 0 fully saturated rings. The van der Waals surface area contributed by atoms with Crippen LogP contribution in [0.25, 0.3) is 0 Å². The van der Waals surface area contributed by atoms with Gasteiger partial charge in [-0.2, -0.15) is 0 Å². The quantitative estimate of drug-likeness (QED) is 0.885. The van der Waals surface area contributed by atoms with E-state index >= 15 is 0 Å². The van der Waals surface area contributed by atoms with E-state index in [4.69, 9.17) is 0 Å². The summed E-state index contributed by atoms with van der Waals surface area (Å²) in [5.41, 5.74) is 5.35. The summed E-state index contributed by atoms with van der Waals surface area (Å²) in [4.78, 5) is 4.45. The molecule has 1 aliphatic rings. The summed E-state index contributed by atoms with van der Waals surface area (Å²) in [6, 6.07) is 6.75. The van der Waals surface area contributed by atoms with Crippen molar-refractivity contribution in [2.75, 3.05) is 0 Å². The maximum atomic E-state index is 4.45. The van der Waals surface area contributed by atoms with E-state index in [1.165, 1.54) is 16.7 Å². The van der Waals surface area contributed by atoms with Gasteiger partial charge in [0, 0.05) is 37.3 Å². The minimum Gasteiger partial charge on any atom is -0.309 e. The fourth-order valence-corrected chi connectivity index (χ4v) is 3.00. The monoisotopic (exact) mass is 259 g/mol. The van der Waals surface area contributed by atoms with E-state index in [2.05, 4.69) is 39.2 Å². The zero-order valence-corrected chi connectivity index (χ0v) is 11.3. The van der Waals surface area contributed by atoms with Crippen LogP contribution in [0.5, 0.6) is 0 Å². The lowest BCUT2D eigenvalue weighted by atomic mass is 10.1. The normalized spacial score (nSPS) is 13.8. The van der Waals surface area contributed by atoms with Crippen molar-refractivity contribution >= 4 is 11.3 Å². The van der Waals surface area contributed by atoms with Gasteiger partial charge in [-0.05, 0) is 23.6 Å². The summed E-state index contributed by atoms with van der Waals surface area (Å²) in [7, 11) is 0. The highest BCUT2D eigenvalue weighted by atomic mass is 32.1. The minimum absolute atomic E-state index is 0.855. The van der Waals surface area contributed by atoms with Crippen LogP contribution in [0, 0.1) is 6.92 Å². The first-order valence-electron chi connectivity index (χ1n) is 6.24. The van der Waals surface area contributed by atoms with Crippen molar-refractivity contribution in [3.63, 3.8) is 0 Å². The number of nitrogens with one attached hydrogen (secondary N) is 2. The third-order valence-corrected chi connectivity index (χ3v) is 4.14. The average molecular weight is 259 g/mol. The maximum absolute atomic E-state index is 4.45. The van der Waals surface area contributed by atoms with Crippen LogP contribution in [-0.4, -0.2) is 4.98 Å². The van der Waals surface area contributed by atoms with Crippen LogP contribution < -0.4 is 10.6 Å². The van der Waals surface area contributed by atoms with Gasteiger partial charge in [-0.15, -0.1) is 11.3 Å². The third kappa shape index (κ3) is 2.61. The lowest BCUT2D eigenvalue weighted by Crippen LogP contribution is -2.12. The van der Waals surface area contributed by atoms with Crippen molar-refractivity contribution in [1.29, 1.82) is 0 Å². The van der Waals surface area contributed by atoms with Crippen molar-refractivity contribution < 1.29 is 0 Å². The molecule has 0 amide bonds. The molecule has 1 aromatic heterocycles. The number of aromatic nitrogens is 1. The molecule has 0 unspecified atom stereocenters. The fourth-order valence-electron chi connectivity index (χ4n) is 2.26. The Bertz CT molecular complexity index is 548. The molecule has 2 N–H and O–H groups in total. The van der Waals surface area contributed by atoms with Crippen LogP contribution in [0.4, 0.5) is 0 Å². The Labute approximate surface area is 111 Å². The zero-order chi connectivity index (χ0) is 12.4. The van der Waals surface area contributed by atoms with Gasteiger partial charge in [-0.3, -0.25) is 0 Å². The lowest BCUT2D eigenvalue weighted by Gasteiger charge is -2.05.